The first-order chi connectivity index (χ1) is 6.29. The molecule has 0 atom stereocenters. The summed E-state index contributed by atoms with van der Waals surface area (Å²) in [5, 5.41) is 0. The summed E-state index contributed by atoms with van der Waals surface area (Å²) < 4.78 is 11.1. The van der Waals surface area contributed by atoms with Crippen LogP contribution in [-0.2, 0) is 11.3 Å². The van der Waals surface area contributed by atoms with Gasteiger partial charge in [0.1, 0.15) is 12.1 Å². The van der Waals surface area contributed by atoms with Gasteiger partial charge in [-0.2, -0.15) is 0 Å². The first-order valence-electron chi connectivity index (χ1n) is 3.69. The lowest BCUT2D eigenvalue weighted by Crippen LogP contribution is -1.85. The molecule has 0 fully saturated rings. The van der Waals surface area contributed by atoms with Crippen LogP contribution in [0.3, 0.4) is 0 Å². The Bertz CT molecular complexity index is 427. The van der Waals surface area contributed by atoms with E-state index < -0.39 is 0 Å². The van der Waals surface area contributed by atoms with Crippen molar-refractivity contribution in [2.75, 3.05) is 7.11 Å². The zero-order chi connectivity index (χ0) is 9.26. The summed E-state index contributed by atoms with van der Waals surface area (Å²) in [5.41, 5.74) is 1.27. The van der Waals surface area contributed by atoms with Crippen LogP contribution < -0.4 is 0 Å². The van der Waals surface area contributed by atoms with Crippen molar-refractivity contribution in [3.8, 4) is 0 Å². The van der Waals surface area contributed by atoms with E-state index in [1.54, 1.807) is 13.3 Å². The highest BCUT2D eigenvalue weighted by atomic mass is 79.9. The van der Waals surface area contributed by atoms with E-state index >= 15 is 0 Å². The van der Waals surface area contributed by atoms with E-state index in [9.17, 15) is 0 Å². The summed E-state index contributed by atoms with van der Waals surface area (Å²) in [7, 11) is 1.60. The molecule has 2 heterocycles. The molecule has 2 aromatic rings. The van der Waals surface area contributed by atoms with Crippen LogP contribution in [0.2, 0.25) is 0 Å². The fraction of sp³-hybridized carbons (Fsp3) is 0.250. The van der Waals surface area contributed by atoms with Gasteiger partial charge in [0, 0.05) is 17.8 Å². The van der Waals surface area contributed by atoms with Crippen LogP contribution in [0.4, 0.5) is 0 Å². The SMILES string of the molecule is COCc1nc2cc(Br)cnc2o1. The Morgan fingerprint density at radius 3 is 3.23 bits per heavy atom. The molecule has 0 bridgehead atoms. The molecular weight excluding hydrogens is 236 g/mol. The number of aromatic nitrogens is 2. The van der Waals surface area contributed by atoms with Crippen LogP contribution >= 0.6 is 15.9 Å². The molecule has 68 valence electrons. The zero-order valence-corrected chi connectivity index (χ0v) is 8.54. The molecule has 0 radical (unpaired) electrons. The molecule has 0 aliphatic rings. The predicted octanol–water partition coefficient (Wildman–Crippen LogP) is 2.13. The van der Waals surface area contributed by atoms with E-state index in [-0.39, 0.29) is 0 Å². The van der Waals surface area contributed by atoms with Crippen molar-refractivity contribution in [1.82, 2.24) is 9.97 Å². The molecular formula is C8H7BrN2O2. The van der Waals surface area contributed by atoms with Crippen molar-refractivity contribution in [2.45, 2.75) is 6.61 Å². The maximum absolute atomic E-state index is 5.30. The van der Waals surface area contributed by atoms with Crippen molar-refractivity contribution in [1.29, 1.82) is 0 Å². The molecule has 0 aliphatic heterocycles. The standard InChI is InChI=1S/C8H7BrN2O2/c1-12-4-7-11-6-2-5(9)3-10-8(6)13-7/h2-3H,4H2,1H3. The second-order valence-corrected chi connectivity index (χ2v) is 3.43. The normalized spacial score (nSPS) is 10.9. The number of oxazole rings is 1. The number of hydrogen-bond acceptors (Lipinski definition) is 4. The molecule has 0 aliphatic carbocycles. The number of halogens is 1. The lowest BCUT2D eigenvalue weighted by atomic mass is 10.4. The quantitative estimate of drug-likeness (QED) is 0.810. The molecule has 4 nitrogen and oxygen atoms in total. The maximum Gasteiger partial charge on any atom is 0.247 e. The zero-order valence-electron chi connectivity index (χ0n) is 6.95. The Morgan fingerprint density at radius 2 is 2.46 bits per heavy atom. The Hall–Kier alpha value is -0.940. The number of hydrogen-bond donors (Lipinski definition) is 0. The van der Waals surface area contributed by atoms with Gasteiger partial charge in [0.25, 0.3) is 0 Å². The van der Waals surface area contributed by atoms with Crippen LogP contribution in [0.25, 0.3) is 11.2 Å². The summed E-state index contributed by atoms with van der Waals surface area (Å²) in [5.74, 6) is 0.545. The van der Waals surface area contributed by atoms with Crippen molar-refractivity contribution < 1.29 is 9.15 Å². The van der Waals surface area contributed by atoms with Gasteiger partial charge in [0.15, 0.2) is 0 Å². The van der Waals surface area contributed by atoms with E-state index in [0.29, 0.717) is 18.2 Å². The third-order valence-electron chi connectivity index (χ3n) is 1.53. The van der Waals surface area contributed by atoms with Crippen molar-refractivity contribution in [3.05, 3.63) is 22.6 Å². The fourth-order valence-electron chi connectivity index (χ4n) is 1.03. The number of ether oxygens (including phenoxy) is 1. The summed E-state index contributed by atoms with van der Waals surface area (Å²) >= 11 is 3.31. The average molecular weight is 243 g/mol. The highest BCUT2D eigenvalue weighted by Crippen LogP contribution is 2.17. The van der Waals surface area contributed by atoms with E-state index in [0.717, 1.165) is 9.99 Å². The minimum atomic E-state index is 0.369. The molecule has 0 aromatic carbocycles. The molecule has 0 unspecified atom stereocenters. The highest BCUT2D eigenvalue weighted by Gasteiger charge is 2.05. The van der Waals surface area contributed by atoms with Crippen molar-refractivity contribution in [2.24, 2.45) is 0 Å². The Balaban J connectivity index is 2.49. The van der Waals surface area contributed by atoms with E-state index in [2.05, 4.69) is 25.9 Å². The molecule has 2 aromatic heterocycles. The van der Waals surface area contributed by atoms with Crippen LogP contribution in [0.15, 0.2) is 21.2 Å². The van der Waals surface area contributed by atoms with E-state index in [1.807, 2.05) is 6.07 Å². The predicted molar refractivity (Wildman–Crippen MR) is 50.2 cm³/mol. The Labute approximate surface area is 83.1 Å². The minimum absolute atomic E-state index is 0.369. The van der Waals surface area contributed by atoms with Gasteiger partial charge in [0.2, 0.25) is 11.6 Å². The van der Waals surface area contributed by atoms with Gasteiger partial charge in [-0.1, -0.05) is 0 Å². The summed E-state index contributed by atoms with van der Waals surface area (Å²) in [4.78, 5) is 8.23. The summed E-state index contributed by atoms with van der Waals surface area (Å²) in [6, 6.07) is 1.85. The third kappa shape index (κ3) is 1.71. The van der Waals surface area contributed by atoms with Gasteiger partial charge in [-0.05, 0) is 22.0 Å². The van der Waals surface area contributed by atoms with Crippen LogP contribution in [-0.4, -0.2) is 17.1 Å². The van der Waals surface area contributed by atoms with Crippen LogP contribution in [0, 0.1) is 0 Å². The molecule has 0 spiro atoms. The molecule has 0 N–H and O–H groups in total. The molecule has 2 rings (SSSR count). The van der Waals surface area contributed by atoms with Gasteiger partial charge < -0.3 is 9.15 Å². The molecule has 0 saturated heterocycles. The lowest BCUT2D eigenvalue weighted by molar-refractivity contribution is 0.161. The monoisotopic (exact) mass is 242 g/mol. The van der Waals surface area contributed by atoms with Gasteiger partial charge in [0.05, 0.1) is 0 Å². The van der Waals surface area contributed by atoms with E-state index in [4.69, 9.17) is 9.15 Å². The second-order valence-electron chi connectivity index (χ2n) is 2.52. The van der Waals surface area contributed by atoms with Crippen molar-refractivity contribution >= 4 is 27.2 Å². The van der Waals surface area contributed by atoms with Gasteiger partial charge in [-0.15, -0.1) is 0 Å². The number of nitrogens with zero attached hydrogens (tertiary/aromatic N) is 2. The van der Waals surface area contributed by atoms with Crippen LogP contribution in [0.5, 0.6) is 0 Å². The summed E-state index contributed by atoms with van der Waals surface area (Å²) in [6.45, 7) is 0.369. The van der Waals surface area contributed by atoms with Gasteiger partial charge >= 0.3 is 0 Å². The van der Waals surface area contributed by atoms with E-state index in [1.165, 1.54) is 0 Å². The molecule has 0 saturated carbocycles. The topological polar surface area (TPSA) is 48.2 Å². The minimum Gasteiger partial charge on any atom is -0.420 e. The third-order valence-corrected chi connectivity index (χ3v) is 1.96. The Kier molecular flexibility index (Phi) is 2.28. The highest BCUT2D eigenvalue weighted by molar-refractivity contribution is 9.10. The number of pyridine rings is 1. The molecule has 0 amide bonds. The van der Waals surface area contributed by atoms with Crippen molar-refractivity contribution in [3.63, 3.8) is 0 Å². The molecule has 13 heavy (non-hydrogen) atoms. The number of rotatable bonds is 2. The first-order valence-corrected chi connectivity index (χ1v) is 4.49. The largest absolute Gasteiger partial charge is 0.420 e. The van der Waals surface area contributed by atoms with Crippen LogP contribution in [0.1, 0.15) is 5.89 Å². The molecule has 5 heteroatoms. The smallest absolute Gasteiger partial charge is 0.247 e. The average Bonchev–Trinajstić information content (AvgIpc) is 2.46. The number of fused-ring (bicyclic) bond motifs is 1. The summed E-state index contributed by atoms with van der Waals surface area (Å²) in [6.07, 6.45) is 1.67. The first kappa shape index (κ1) is 8.65. The lowest BCUT2D eigenvalue weighted by Gasteiger charge is -1.87. The fourth-order valence-corrected chi connectivity index (χ4v) is 1.35. The second kappa shape index (κ2) is 3.43. The Morgan fingerprint density at radius 1 is 1.62 bits per heavy atom. The van der Waals surface area contributed by atoms with Gasteiger partial charge in [-0.3, -0.25) is 0 Å². The van der Waals surface area contributed by atoms with Gasteiger partial charge in [-0.25, -0.2) is 9.97 Å². The maximum atomic E-state index is 5.30. The number of methoxy groups -OCH3 is 1.